The van der Waals surface area contributed by atoms with E-state index in [1.54, 1.807) is 0 Å². The lowest BCUT2D eigenvalue weighted by Crippen LogP contribution is -2.09. The Kier molecular flexibility index (Phi) is 6.66. The Bertz CT molecular complexity index is 1480. The second-order valence-electron chi connectivity index (χ2n) is 6.26. The van der Waals surface area contributed by atoms with E-state index in [2.05, 4.69) is 9.47 Å². The van der Waals surface area contributed by atoms with E-state index in [1.165, 1.54) is 0 Å². The molecule has 0 bridgehead atoms. The number of benzene rings is 3. The second kappa shape index (κ2) is 9.21. The summed E-state index contributed by atoms with van der Waals surface area (Å²) < 4.78 is 174. The Morgan fingerprint density at radius 3 is 0.944 bits per heavy atom. The van der Waals surface area contributed by atoms with Gasteiger partial charge in [0.1, 0.15) is 23.3 Å². The molecule has 0 unspecified atom stereocenters. The van der Waals surface area contributed by atoms with Gasteiger partial charge in [-0.1, -0.05) is 0 Å². The molecule has 3 aromatic rings. The smallest absolute Gasteiger partial charge is 0.210 e. The SMILES string of the molecule is N#Cc1c(F)c(F)c(Oc2c(F)c(F)c(F)c(F)c2F)c(Oc2c(F)c(F)c(F)c(F)c2F)c1C#N. The predicted molar refractivity (Wildman–Crippen MR) is 88.4 cm³/mol. The summed E-state index contributed by atoms with van der Waals surface area (Å²) in [6.45, 7) is 0. The highest BCUT2D eigenvalue weighted by Crippen LogP contribution is 2.46. The Balaban J connectivity index is 2.42. The van der Waals surface area contributed by atoms with E-state index in [1.807, 2.05) is 0 Å². The van der Waals surface area contributed by atoms with Crippen molar-refractivity contribution in [1.29, 1.82) is 10.5 Å². The topological polar surface area (TPSA) is 66.0 Å². The minimum atomic E-state index is -2.75. The van der Waals surface area contributed by atoms with Crippen molar-refractivity contribution in [2.75, 3.05) is 0 Å². The molecule has 0 fully saturated rings. The molecule has 0 radical (unpaired) electrons. The average molecular weight is 528 g/mol. The lowest BCUT2D eigenvalue weighted by molar-refractivity contribution is 0.302. The quantitative estimate of drug-likeness (QED) is 0.215. The molecular weight excluding hydrogens is 528 g/mol. The third-order valence-electron chi connectivity index (χ3n) is 4.27. The van der Waals surface area contributed by atoms with Crippen LogP contribution in [0.2, 0.25) is 0 Å². The molecule has 3 aromatic carbocycles. The summed E-state index contributed by atoms with van der Waals surface area (Å²) in [4.78, 5) is 0. The first-order chi connectivity index (χ1) is 16.8. The van der Waals surface area contributed by atoms with Crippen molar-refractivity contribution < 1.29 is 62.2 Å². The van der Waals surface area contributed by atoms with Crippen LogP contribution in [0.15, 0.2) is 0 Å². The molecule has 0 spiro atoms. The molecule has 0 aliphatic rings. The van der Waals surface area contributed by atoms with Crippen LogP contribution in [0.4, 0.5) is 52.7 Å². The monoisotopic (exact) mass is 528 g/mol. The molecule has 16 heteroatoms. The number of hydrogen-bond donors (Lipinski definition) is 0. The Morgan fingerprint density at radius 2 is 0.611 bits per heavy atom. The van der Waals surface area contributed by atoms with Crippen molar-refractivity contribution in [1.82, 2.24) is 0 Å². The van der Waals surface area contributed by atoms with E-state index in [-0.39, 0.29) is 0 Å². The summed E-state index contributed by atoms with van der Waals surface area (Å²) in [5.41, 5.74) is -3.22. The minimum Gasteiger partial charge on any atom is -0.445 e. The van der Waals surface area contributed by atoms with E-state index in [0.29, 0.717) is 0 Å². The summed E-state index contributed by atoms with van der Waals surface area (Å²) in [5, 5.41) is 18.2. The van der Waals surface area contributed by atoms with Crippen molar-refractivity contribution in [3.05, 3.63) is 80.9 Å². The minimum absolute atomic E-state index is 0.896. The zero-order valence-electron chi connectivity index (χ0n) is 16.2. The van der Waals surface area contributed by atoms with Crippen molar-refractivity contribution in [3.63, 3.8) is 0 Å². The molecule has 4 nitrogen and oxygen atoms in total. The van der Waals surface area contributed by atoms with Crippen LogP contribution in [0.5, 0.6) is 23.0 Å². The first-order valence-corrected chi connectivity index (χ1v) is 8.53. The van der Waals surface area contributed by atoms with Crippen molar-refractivity contribution in [2.24, 2.45) is 0 Å². The zero-order valence-corrected chi connectivity index (χ0v) is 16.2. The van der Waals surface area contributed by atoms with E-state index in [0.717, 1.165) is 12.1 Å². The maximum absolute atomic E-state index is 14.6. The maximum Gasteiger partial charge on any atom is 0.210 e. The van der Waals surface area contributed by atoms with E-state index in [9.17, 15) is 57.9 Å². The van der Waals surface area contributed by atoms with Gasteiger partial charge in [-0.05, 0) is 0 Å². The lowest BCUT2D eigenvalue weighted by Gasteiger charge is -2.18. The van der Waals surface area contributed by atoms with Crippen molar-refractivity contribution in [2.45, 2.75) is 0 Å². The molecule has 0 heterocycles. The predicted octanol–water partition coefficient (Wildman–Crippen LogP) is 6.68. The molecule has 0 aromatic heterocycles. The first-order valence-electron chi connectivity index (χ1n) is 8.53. The number of hydrogen-bond acceptors (Lipinski definition) is 4. The fraction of sp³-hybridized carbons (Fsp3) is 0. The summed E-state index contributed by atoms with van der Waals surface area (Å²) in [6, 6.07) is 1.83. The molecule has 186 valence electrons. The second-order valence-corrected chi connectivity index (χ2v) is 6.26. The molecule has 0 saturated heterocycles. The van der Waals surface area contributed by atoms with Gasteiger partial charge in [-0.3, -0.25) is 0 Å². The van der Waals surface area contributed by atoms with Crippen molar-refractivity contribution >= 4 is 0 Å². The third kappa shape index (κ3) is 3.76. The highest BCUT2D eigenvalue weighted by Gasteiger charge is 2.35. The summed E-state index contributed by atoms with van der Waals surface area (Å²) >= 11 is 0. The van der Waals surface area contributed by atoms with E-state index in [4.69, 9.17) is 5.26 Å². The summed E-state index contributed by atoms with van der Waals surface area (Å²) in [5.74, 6) is -40.9. The van der Waals surface area contributed by atoms with Gasteiger partial charge in [0.25, 0.3) is 0 Å². The Morgan fingerprint density at radius 1 is 0.333 bits per heavy atom. The van der Waals surface area contributed by atoms with Gasteiger partial charge in [-0.2, -0.15) is 32.5 Å². The fourth-order valence-electron chi connectivity index (χ4n) is 2.60. The molecule has 0 atom stereocenters. The molecule has 0 N–H and O–H groups in total. The van der Waals surface area contributed by atoms with Gasteiger partial charge in [0.15, 0.2) is 11.6 Å². The lowest BCUT2D eigenvalue weighted by atomic mass is 10.1. The summed E-state index contributed by atoms with van der Waals surface area (Å²) in [7, 11) is 0. The van der Waals surface area contributed by atoms with Gasteiger partial charge in [0.2, 0.25) is 81.2 Å². The number of nitrogens with zero attached hydrogens (tertiary/aromatic N) is 2. The van der Waals surface area contributed by atoms with Crippen LogP contribution in [0.3, 0.4) is 0 Å². The highest BCUT2D eigenvalue weighted by molar-refractivity contribution is 5.63. The van der Waals surface area contributed by atoms with Crippen LogP contribution >= 0.6 is 0 Å². The summed E-state index contributed by atoms with van der Waals surface area (Å²) in [6.07, 6.45) is 0. The van der Waals surface area contributed by atoms with Gasteiger partial charge < -0.3 is 9.47 Å². The zero-order chi connectivity index (χ0) is 27.2. The van der Waals surface area contributed by atoms with Crippen LogP contribution in [0, 0.1) is 92.5 Å². The van der Waals surface area contributed by atoms with Gasteiger partial charge in [-0.15, -0.1) is 0 Å². The van der Waals surface area contributed by atoms with E-state index < -0.39 is 104 Å². The van der Waals surface area contributed by atoms with Crippen LogP contribution < -0.4 is 9.47 Å². The van der Waals surface area contributed by atoms with Gasteiger partial charge >= 0.3 is 0 Å². The van der Waals surface area contributed by atoms with Crippen LogP contribution in [-0.4, -0.2) is 0 Å². The van der Waals surface area contributed by atoms with Crippen LogP contribution in [0.25, 0.3) is 0 Å². The molecule has 0 saturated carbocycles. The average Bonchev–Trinajstić information content (AvgIpc) is 2.87. The fourth-order valence-corrected chi connectivity index (χ4v) is 2.60. The van der Waals surface area contributed by atoms with Crippen LogP contribution in [-0.2, 0) is 0 Å². The number of halogens is 12. The third-order valence-corrected chi connectivity index (χ3v) is 4.27. The maximum atomic E-state index is 14.6. The molecule has 3 rings (SSSR count). The normalized spacial score (nSPS) is 10.7. The van der Waals surface area contributed by atoms with Gasteiger partial charge in [0, 0.05) is 0 Å². The molecule has 0 amide bonds. The van der Waals surface area contributed by atoms with E-state index >= 15 is 0 Å². The number of nitriles is 2. The molecular formula is C20F12N2O2. The molecule has 0 aliphatic carbocycles. The van der Waals surface area contributed by atoms with Crippen LogP contribution in [0.1, 0.15) is 11.1 Å². The first kappa shape index (κ1) is 26.0. The van der Waals surface area contributed by atoms with Crippen molar-refractivity contribution in [3.8, 4) is 35.1 Å². The Labute approximate surface area is 189 Å². The number of ether oxygens (including phenoxy) is 2. The largest absolute Gasteiger partial charge is 0.445 e. The van der Waals surface area contributed by atoms with Gasteiger partial charge in [0.05, 0.1) is 0 Å². The molecule has 36 heavy (non-hydrogen) atoms. The molecule has 0 aliphatic heterocycles. The Hall–Kier alpha value is -4.60. The number of rotatable bonds is 4. The standard InChI is InChI=1S/C20F12N2O2/c21-5-3(1-33)4(2-34)17(35-18-13(29)8(24)6(22)9(25)14(18)30)20(12(5)28)36-19-15(31)10(26)7(23)11(27)16(19)32. The van der Waals surface area contributed by atoms with Gasteiger partial charge in [-0.25, -0.2) is 30.7 Å². The highest BCUT2D eigenvalue weighted by atomic mass is 19.2.